The van der Waals surface area contributed by atoms with E-state index in [1.165, 1.54) is 5.57 Å². The Hall–Kier alpha value is -1.32. The van der Waals surface area contributed by atoms with Crippen LogP contribution in [0.15, 0.2) is 16.8 Å². The molecule has 1 saturated carbocycles. The van der Waals surface area contributed by atoms with Crippen LogP contribution in [0.25, 0.3) is 0 Å². The number of hydrogen-bond donors (Lipinski definition) is 2. The predicted octanol–water partition coefficient (Wildman–Crippen LogP) is 1.53. The first-order valence-corrected chi connectivity index (χ1v) is 4.47. The van der Waals surface area contributed by atoms with Crippen LogP contribution in [0.2, 0.25) is 0 Å². The summed E-state index contributed by atoms with van der Waals surface area (Å²) >= 11 is 0. The second-order valence-electron chi connectivity index (χ2n) is 3.10. The van der Waals surface area contributed by atoms with Crippen LogP contribution in [0.4, 0.5) is 4.79 Å². The fraction of sp³-hybridized carbons (Fsp3) is 0.556. The topological polar surface area (TPSA) is 67.5 Å². The fourth-order valence-electron chi connectivity index (χ4n) is 1.39. The molecule has 0 aliphatic heterocycles. The molecule has 0 bridgehead atoms. The number of amides is 2. The number of primary amides is 1. The van der Waals surface area contributed by atoms with Crippen molar-refractivity contribution in [3.8, 4) is 0 Å². The van der Waals surface area contributed by atoms with Crippen molar-refractivity contribution in [2.45, 2.75) is 32.6 Å². The lowest BCUT2D eigenvalue weighted by molar-refractivity contribution is 0.249. The summed E-state index contributed by atoms with van der Waals surface area (Å²) in [6.45, 7) is 2.05. The Morgan fingerprint density at radius 3 is 2.54 bits per heavy atom. The molecule has 0 aromatic heterocycles. The van der Waals surface area contributed by atoms with Crippen LogP contribution in [-0.4, -0.2) is 11.7 Å². The van der Waals surface area contributed by atoms with Crippen molar-refractivity contribution in [2.24, 2.45) is 10.8 Å². The van der Waals surface area contributed by atoms with Crippen molar-refractivity contribution in [1.29, 1.82) is 0 Å². The third-order valence-corrected chi connectivity index (χ3v) is 2.20. The molecule has 0 aromatic rings. The summed E-state index contributed by atoms with van der Waals surface area (Å²) in [6.07, 6.45) is 6.11. The van der Waals surface area contributed by atoms with Crippen LogP contribution in [0, 0.1) is 0 Å². The molecule has 4 nitrogen and oxygen atoms in total. The highest BCUT2D eigenvalue weighted by molar-refractivity contribution is 5.87. The Balaban J connectivity index is 2.40. The molecule has 0 spiro atoms. The number of nitrogens with one attached hydrogen (secondary N) is 1. The molecular weight excluding hydrogens is 166 g/mol. The van der Waals surface area contributed by atoms with Crippen molar-refractivity contribution in [2.75, 3.05) is 0 Å². The third-order valence-electron chi connectivity index (χ3n) is 2.20. The van der Waals surface area contributed by atoms with Gasteiger partial charge in [0.25, 0.3) is 0 Å². The number of hydrogen-bond acceptors (Lipinski definition) is 2. The van der Waals surface area contributed by atoms with Gasteiger partial charge in [0.05, 0.1) is 0 Å². The Labute approximate surface area is 77.9 Å². The minimum Gasteiger partial charge on any atom is -0.350 e. The van der Waals surface area contributed by atoms with E-state index in [0.29, 0.717) is 0 Å². The van der Waals surface area contributed by atoms with Crippen molar-refractivity contribution in [1.82, 2.24) is 5.43 Å². The van der Waals surface area contributed by atoms with Gasteiger partial charge in [0.1, 0.15) is 0 Å². The minimum absolute atomic E-state index is 0.593. The molecule has 1 aliphatic rings. The monoisotopic (exact) mass is 181 g/mol. The molecule has 0 aromatic carbocycles. The highest BCUT2D eigenvalue weighted by Gasteiger charge is 2.10. The van der Waals surface area contributed by atoms with Gasteiger partial charge in [0, 0.05) is 5.71 Å². The molecule has 4 heteroatoms. The van der Waals surface area contributed by atoms with Gasteiger partial charge < -0.3 is 5.73 Å². The SMILES string of the molecule is CC=C1CCC(=NNC(N)=O)CC1. The lowest BCUT2D eigenvalue weighted by Gasteiger charge is -2.15. The van der Waals surface area contributed by atoms with E-state index in [4.69, 9.17) is 5.73 Å². The average Bonchev–Trinajstić information content (AvgIpc) is 2.15. The zero-order chi connectivity index (χ0) is 9.68. The summed E-state index contributed by atoms with van der Waals surface area (Å²) in [6, 6.07) is -0.593. The molecule has 2 amide bonds. The van der Waals surface area contributed by atoms with E-state index in [-0.39, 0.29) is 0 Å². The maximum absolute atomic E-state index is 10.4. The molecule has 0 unspecified atom stereocenters. The normalized spacial score (nSPS) is 16.7. The van der Waals surface area contributed by atoms with Crippen molar-refractivity contribution in [3.05, 3.63) is 11.6 Å². The first-order chi connectivity index (χ1) is 6.22. The number of allylic oxidation sites excluding steroid dienone is 2. The van der Waals surface area contributed by atoms with Gasteiger partial charge in [-0.05, 0) is 32.6 Å². The van der Waals surface area contributed by atoms with E-state index >= 15 is 0 Å². The first-order valence-electron chi connectivity index (χ1n) is 4.47. The number of urea groups is 1. The largest absolute Gasteiger partial charge is 0.350 e. The lowest BCUT2D eigenvalue weighted by Crippen LogP contribution is -2.26. The van der Waals surface area contributed by atoms with Crippen LogP contribution >= 0.6 is 0 Å². The van der Waals surface area contributed by atoms with Gasteiger partial charge in [0.2, 0.25) is 0 Å². The fourth-order valence-corrected chi connectivity index (χ4v) is 1.39. The number of hydrazone groups is 1. The van der Waals surface area contributed by atoms with Crippen molar-refractivity contribution >= 4 is 11.7 Å². The van der Waals surface area contributed by atoms with Crippen molar-refractivity contribution in [3.63, 3.8) is 0 Å². The second kappa shape index (κ2) is 4.64. The zero-order valence-corrected chi connectivity index (χ0v) is 7.84. The molecule has 13 heavy (non-hydrogen) atoms. The Morgan fingerprint density at radius 2 is 2.08 bits per heavy atom. The second-order valence-corrected chi connectivity index (χ2v) is 3.10. The van der Waals surface area contributed by atoms with Crippen molar-refractivity contribution < 1.29 is 4.79 Å². The Kier molecular flexibility index (Phi) is 3.49. The molecule has 1 rings (SSSR count). The van der Waals surface area contributed by atoms with Crippen LogP contribution < -0.4 is 11.2 Å². The molecule has 3 N–H and O–H groups in total. The van der Waals surface area contributed by atoms with E-state index < -0.39 is 6.03 Å². The molecule has 0 saturated heterocycles. The van der Waals surface area contributed by atoms with Crippen LogP contribution in [0.3, 0.4) is 0 Å². The number of nitrogens with zero attached hydrogens (tertiary/aromatic N) is 1. The van der Waals surface area contributed by atoms with Gasteiger partial charge >= 0.3 is 6.03 Å². The summed E-state index contributed by atoms with van der Waals surface area (Å²) in [5.41, 5.74) is 9.65. The van der Waals surface area contributed by atoms with E-state index in [2.05, 4.69) is 23.5 Å². The highest BCUT2D eigenvalue weighted by atomic mass is 16.2. The number of carbonyl (C=O) groups excluding carboxylic acids is 1. The summed E-state index contributed by atoms with van der Waals surface area (Å²) in [7, 11) is 0. The van der Waals surface area contributed by atoms with E-state index in [9.17, 15) is 4.79 Å². The third kappa shape index (κ3) is 3.27. The van der Waals surface area contributed by atoms with Gasteiger partial charge in [-0.2, -0.15) is 5.10 Å². The molecular formula is C9H15N3O. The van der Waals surface area contributed by atoms with Gasteiger partial charge in [0.15, 0.2) is 0 Å². The summed E-state index contributed by atoms with van der Waals surface area (Å²) < 4.78 is 0. The number of carbonyl (C=O) groups is 1. The summed E-state index contributed by atoms with van der Waals surface area (Å²) in [4.78, 5) is 10.4. The lowest BCUT2D eigenvalue weighted by atomic mass is 9.93. The molecule has 1 aliphatic carbocycles. The average molecular weight is 181 g/mol. The zero-order valence-electron chi connectivity index (χ0n) is 7.84. The standard InChI is InChI=1S/C9H15N3O/c1-2-7-3-5-8(6-4-7)11-12-9(10)13/h2H,3-6H2,1H3,(H3,10,12,13). The quantitative estimate of drug-likeness (QED) is 0.467. The number of nitrogens with two attached hydrogens (primary N) is 1. The first kappa shape index (κ1) is 9.77. The van der Waals surface area contributed by atoms with Crippen LogP contribution in [0.1, 0.15) is 32.6 Å². The van der Waals surface area contributed by atoms with E-state index in [1.807, 2.05) is 0 Å². The van der Waals surface area contributed by atoms with Gasteiger partial charge in [-0.15, -0.1) is 0 Å². The maximum atomic E-state index is 10.4. The minimum atomic E-state index is -0.593. The smallest absolute Gasteiger partial charge is 0.332 e. The molecule has 0 radical (unpaired) electrons. The van der Waals surface area contributed by atoms with Gasteiger partial charge in [-0.3, -0.25) is 0 Å². The van der Waals surface area contributed by atoms with E-state index in [0.717, 1.165) is 31.4 Å². The number of rotatable bonds is 1. The summed E-state index contributed by atoms with van der Waals surface area (Å²) in [5.74, 6) is 0. The summed E-state index contributed by atoms with van der Waals surface area (Å²) in [5, 5.41) is 3.92. The molecule has 0 atom stereocenters. The van der Waals surface area contributed by atoms with E-state index in [1.54, 1.807) is 0 Å². The van der Waals surface area contributed by atoms with Crippen LogP contribution in [-0.2, 0) is 0 Å². The van der Waals surface area contributed by atoms with Gasteiger partial charge in [-0.1, -0.05) is 11.6 Å². The Morgan fingerprint density at radius 1 is 1.46 bits per heavy atom. The predicted molar refractivity (Wildman–Crippen MR) is 52.4 cm³/mol. The van der Waals surface area contributed by atoms with Gasteiger partial charge in [-0.25, -0.2) is 10.2 Å². The maximum Gasteiger partial charge on any atom is 0.332 e. The van der Waals surface area contributed by atoms with Crippen LogP contribution in [0.5, 0.6) is 0 Å². The Bertz CT molecular complexity index is 244. The molecule has 0 heterocycles. The molecule has 72 valence electrons. The highest BCUT2D eigenvalue weighted by Crippen LogP contribution is 2.20. The molecule has 1 fully saturated rings.